The number of thiophene rings is 1. The van der Waals surface area contributed by atoms with Crippen molar-refractivity contribution in [1.82, 2.24) is 4.90 Å². The van der Waals surface area contributed by atoms with Crippen LogP contribution in [0.15, 0.2) is 40.2 Å². The van der Waals surface area contributed by atoms with Crippen molar-refractivity contribution in [2.75, 3.05) is 14.2 Å². The maximum atomic E-state index is 5.16. The van der Waals surface area contributed by atoms with Crippen molar-refractivity contribution < 1.29 is 4.74 Å². The first kappa shape index (κ1) is 13.6. The first-order valence-electron chi connectivity index (χ1n) is 5.73. The van der Waals surface area contributed by atoms with Crippen molar-refractivity contribution in [3.05, 3.63) is 50.6 Å². The minimum atomic E-state index is 0.906. The van der Waals surface area contributed by atoms with Crippen LogP contribution < -0.4 is 4.74 Å². The molecule has 4 heteroatoms. The molecule has 1 aromatic heterocycles. The Bertz CT molecular complexity index is 495. The van der Waals surface area contributed by atoms with Gasteiger partial charge in [0.1, 0.15) is 5.75 Å². The molecular formula is C14H16BrNOS. The van der Waals surface area contributed by atoms with Crippen molar-refractivity contribution in [3.63, 3.8) is 0 Å². The molecule has 0 aliphatic rings. The maximum absolute atomic E-state index is 5.16. The molecule has 0 atom stereocenters. The van der Waals surface area contributed by atoms with Crippen LogP contribution in [-0.4, -0.2) is 19.1 Å². The highest BCUT2D eigenvalue weighted by atomic mass is 79.9. The number of hydrogen-bond acceptors (Lipinski definition) is 3. The van der Waals surface area contributed by atoms with Gasteiger partial charge in [0.25, 0.3) is 0 Å². The van der Waals surface area contributed by atoms with Gasteiger partial charge in [0.05, 0.1) is 10.9 Å². The van der Waals surface area contributed by atoms with Gasteiger partial charge in [-0.25, -0.2) is 0 Å². The molecular weight excluding hydrogens is 310 g/mol. The average molecular weight is 326 g/mol. The van der Waals surface area contributed by atoms with Gasteiger partial charge in [-0.15, -0.1) is 11.3 Å². The highest BCUT2D eigenvalue weighted by molar-refractivity contribution is 9.11. The van der Waals surface area contributed by atoms with Crippen molar-refractivity contribution in [2.45, 2.75) is 13.1 Å². The molecule has 0 saturated heterocycles. The van der Waals surface area contributed by atoms with Gasteiger partial charge in [0.2, 0.25) is 0 Å². The third-order valence-corrected chi connectivity index (χ3v) is 4.27. The average Bonchev–Trinajstić information content (AvgIpc) is 2.75. The molecule has 0 radical (unpaired) electrons. The van der Waals surface area contributed by atoms with Gasteiger partial charge in [-0.3, -0.25) is 4.90 Å². The normalized spacial score (nSPS) is 10.9. The van der Waals surface area contributed by atoms with E-state index in [1.807, 2.05) is 12.1 Å². The molecule has 2 aromatic rings. The zero-order valence-electron chi connectivity index (χ0n) is 10.5. The summed E-state index contributed by atoms with van der Waals surface area (Å²) in [5, 5.41) is 0. The van der Waals surface area contributed by atoms with E-state index in [1.165, 1.54) is 14.2 Å². The van der Waals surface area contributed by atoms with Gasteiger partial charge >= 0.3 is 0 Å². The number of rotatable bonds is 5. The van der Waals surface area contributed by atoms with Crippen molar-refractivity contribution in [1.29, 1.82) is 0 Å². The van der Waals surface area contributed by atoms with Crippen LogP contribution in [0.1, 0.15) is 10.4 Å². The maximum Gasteiger partial charge on any atom is 0.118 e. The van der Waals surface area contributed by atoms with E-state index in [1.54, 1.807) is 18.4 Å². The predicted octanol–water partition coefficient (Wildman–Crippen LogP) is 4.15. The topological polar surface area (TPSA) is 12.5 Å². The van der Waals surface area contributed by atoms with Crippen LogP contribution in [0.4, 0.5) is 0 Å². The van der Waals surface area contributed by atoms with Crippen LogP contribution in [-0.2, 0) is 13.1 Å². The Balaban J connectivity index is 1.91. The van der Waals surface area contributed by atoms with Gasteiger partial charge in [-0.05, 0) is 52.8 Å². The fourth-order valence-corrected chi connectivity index (χ4v) is 3.36. The quantitative estimate of drug-likeness (QED) is 0.818. The van der Waals surface area contributed by atoms with Gasteiger partial charge < -0.3 is 4.74 Å². The molecule has 1 heterocycles. The third kappa shape index (κ3) is 3.83. The lowest BCUT2D eigenvalue weighted by Gasteiger charge is -2.15. The Kier molecular flexibility index (Phi) is 4.80. The second-order valence-electron chi connectivity index (χ2n) is 4.23. The van der Waals surface area contributed by atoms with Crippen LogP contribution in [0.3, 0.4) is 0 Å². The summed E-state index contributed by atoms with van der Waals surface area (Å²) in [6.07, 6.45) is 0. The lowest BCUT2D eigenvalue weighted by Crippen LogP contribution is -2.16. The van der Waals surface area contributed by atoms with Gasteiger partial charge in [-0.2, -0.15) is 0 Å². The summed E-state index contributed by atoms with van der Waals surface area (Å²) in [5.74, 6) is 0.906. The summed E-state index contributed by atoms with van der Waals surface area (Å²) in [6, 6.07) is 12.5. The van der Waals surface area contributed by atoms with Crippen LogP contribution in [0.2, 0.25) is 0 Å². The number of methoxy groups -OCH3 is 1. The Morgan fingerprint density at radius 2 is 1.83 bits per heavy atom. The fourth-order valence-electron chi connectivity index (χ4n) is 1.80. The SMILES string of the molecule is COc1ccc(CN(C)Cc2ccc(Br)s2)cc1. The molecule has 0 saturated carbocycles. The molecule has 0 N–H and O–H groups in total. The molecule has 0 bridgehead atoms. The molecule has 0 aliphatic heterocycles. The number of benzene rings is 1. The minimum absolute atomic E-state index is 0.906. The van der Waals surface area contributed by atoms with Crippen LogP contribution in [0, 0.1) is 0 Å². The monoisotopic (exact) mass is 325 g/mol. The van der Waals surface area contributed by atoms with E-state index in [0.29, 0.717) is 0 Å². The minimum Gasteiger partial charge on any atom is -0.497 e. The van der Waals surface area contributed by atoms with E-state index in [-0.39, 0.29) is 0 Å². The second-order valence-corrected chi connectivity index (χ2v) is 6.77. The standard InChI is InChI=1S/C14H16BrNOS/c1-16(10-13-7-8-14(15)18-13)9-11-3-5-12(17-2)6-4-11/h3-8H,9-10H2,1-2H3. The largest absolute Gasteiger partial charge is 0.497 e. The highest BCUT2D eigenvalue weighted by Gasteiger charge is 2.04. The summed E-state index contributed by atoms with van der Waals surface area (Å²) in [7, 11) is 3.83. The molecule has 1 aromatic carbocycles. The van der Waals surface area contributed by atoms with E-state index >= 15 is 0 Å². The smallest absolute Gasteiger partial charge is 0.118 e. The zero-order chi connectivity index (χ0) is 13.0. The lowest BCUT2D eigenvalue weighted by molar-refractivity contribution is 0.321. The molecule has 2 nitrogen and oxygen atoms in total. The van der Waals surface area contributed by atoms with Crippen molar-refractivity contribution in [2.24, 2.45) is 0 Å². The van der Waals surface area contributed by atoms with Crippen LogP contribution >= 0.6 is 27.3 Å². The first-order valence-corrected chi connectivity index (χ1v) is 7.34. The highest BCUT2D eigenvalue weighted by Crippen LogP contribution is 2.23. The molecule has 2 rings (SSSR count). The Hall–Kier alpha value is -0.840. The van der Waals surface area contributed by atoms with Gasteiger partial charge in [0.15, 0.2) is 0 Å². The molecule has 0 amide bonds. The summed E-state index contributed by atoms with van der Waals surface area (Å²) in [5.41, 5.74) is 1.30. The van der Waals surface area contributed by atoms with Crippen molar-refractivity contribution >= 4 is 27.3 Å². The summed E-state index contributed by atoms with van der Waals surface area (Å²) in [6.45, 7) is 1.92. The Labute approximate surface area is 120 Å². The van der Waals surface area contributed by atoms with Crippen LogP contribution in [0.25, 0.3) is 0 Å². The Morgan fingerprint density at radius 1 is 1.11 bits per heavy atom. The summed E-state index contributed by atoms with van der Waals surface area (Å²) < 4.78 is 6.35. The molecule has 0 spiro atoms. The number of ether oxygens (including phenoxy) is 1. The second kappa shape index (κ2) is 6.36. The molecule has 96 valence electrons. The molecule has 0 fully saturated rings. The Morgan fingerprint density at radius 3 is 2.39 bits per heavy atom. The van der Waals surface area contributed by atoms with Gasteiger partial charge in [-0.1, -0.05) is 12.1 Å². The van der Waals surface area contributed by atoms with E-state index < -0.39 is 0 Å². The molecule has 18 heavy (non-hydrogen) atoms. The molecule has 0 aliphatic carbocycles. The summed E-state index contributed by atoms with van der Waals surface area (Å²) in [4.78, 5) is 3.68. The van der Waals surface area contributed by atoms with Crippen LogP contribution in [0.5, 0.6) is 5.75 Å². The van der Waals surface area contributed by atoms with Gasteiger partial charge in [0, 0.05) is 18.0 Å². The summed E-state index contributed by atoms with van der Waals surface area (Å²) >= 11 is 5.28. The predicted molar refractivity (Wildman–Crippen MR) is 80.2 cm³/mol. The third-order valence-electron chi connectivity index (χ3n) is 2.67. The van der Waals surface area contributed by atoms with Crippen molar-refractivity contribution in [3.8, 4) is 5.75 Å². The first-order chi connectivity index (χ1) is 8.67. The zero-order valence-corrected chi connectivity index (χ0v) is 12.9. The van der Waals surface area contributed by atoms with E-state index in [2.05, 4.69) is 52.1 Å². The number of nitrogens with zero attached hydrogens (tertiary/aromatic N) is 1. The van der Waals surface area contributed by atoms with E-state index in [9.17, 15) is 0 Å². The van der Waals surface area contributed by atoms with E-state index in [4.69, 9.17) is 4.74 Å². The lowest BCUT2D eigenvalue weighted by atomic mass is 10.2. The molecule has 0 unspecified atom stereocenters. The number of hydrogen-bond donors (Lipinski definition) is 0. The fraction of sp³-hybridized carbons (Fsp3) is 0.286. The van der Waals surface area contributed by atoms with E-state index in [0.717, 1.165) is 18.8 Å². The number of halogens is 1.